The molecule has 2 amide bonds. The average molecular weight is 344 g/mol. The molecule has 0 aliphatic heterocycles. The smallest absolute Gasteiger partial charge is 0.319 e. The summed E-state index contributed by atoms with van der Waals surface area (Å²) >= 11 is 0. The second-order valence-electron chi connectivity index (χ2n) is 6.93. The Morgan fingerprint density at radius 1 is 1.32 bits per heavy atom. The number of aliphatic hydroxyl groups excluding tert-OH is 1. The van der Waals surface area contributed by atoms with Crippen molar-refractivity contribution in [1.82, 2.24) is 15.1 Å². The highest BCUT2D eigenvalue weighted by Crippen LogP contribution is 2.48. The van der Waals surface area contributed by atoms with Crippen LogP contribution in [-0.4, -0.2) is 33.6 Å². The number of carbonyl (C=O) groups is 1. The van der Waals surface area contributed by atoms with Gasteiger partial charge in [0.15, 0.2) is 0 Å². The molecule has 2 aliphatic carbocycles. The first-order valence-corrected chi connectivity index (χ1v) is 8.63. The van der Waals surface area contributed by atoms with Crippen LogP contribution in [0.3, 0.4) is 0 Å². The number of halogens is 1. The SMILES string of the molecule is O=C(Nc1cnn(-c2ccccc2F)c1)NC1C2CCC(C2)C1CO. The number of fused-ring (bicyclic) bond motifs is 2. The van der Waals surface area contributed by atoms with E-state index < -0.39 is 0 Å². The molecule has 1 heterocycles. The van der Waals surface area contributed by atoms with E-state index in [-0.39, 0.29) is 30.4 Å². The van der Waals surface area contributed by atoms with Crippen LogP contribution in [0.4, 0.5) is 14.9 Å². The van der Waals surface area contributed by atoms with E-state index >= 15 is 0 Å². The van der Waals surface area contributed by atoms with E-state index in [1.807, 2.05) is 0 Å². The second kappa shape index (κ2) is 6.48. The van der Waals surface area contributed by atoms with Gasteiger partial charge in [0.1, 0.15) is 11.5 Å². The lowest BCUT2D eigenvalue weighted by Gasteiger charge is -2.30. The normalized spacial score (nSPS) is 27.4. The summed E-state index contributed by atoms with van der Waals surface area (Å²) in [7, 11) is 0. The number of para-hydroxylation sites is 1. The Balaban J connectivity index is 1.41. The number of anilines is 1. The number of benzene rings is 1. The van der Waals surface area contributed by atoms with Crippen molar-refractivity contribution in [3.05, 3.63) is 42.5 Å². The molecule has 2 fully saturated rings. The van der Waals surface area contributed by atoms with Crippen molar-refractivity contribution in [2.45, 2.75) is 25.3 Å². The van der Waals surface area contributed by atoms with E-state index in [1.165, 1.54) is 16.9 Å². The first kappa shape index (κ1) is 16.1. The Morgan fingerprint density at radius 2 is 2.12 bits per heavy atom. The van der Waals surface area contributed by atoms with E-state index in [4.69, 9.17) is 0 Å². The van der Waals surface area contributed by atoms with Gasteiger partial charge in [0, 0.05) is 18.6 Å². The van der Waals surface area contributed by atoms with E-state index in [2.05, 4.69) is 15.7 Å². The molecule has 3 N–H and O–H groups in total. The molecule has 0 radical (unpaired) electrons. The number of urea groups is 1. The molecule has 25 heavy (non-hydrogen) atoms. The third kappa shape index (κ3) is 3.00. The third-order valence-electron chi connectivity index (χ3n) is 5.54. The zero-order chi connectivity index (χ0) is 17.4. The number of carbonyl (C=O) groups excluding carboxylic acids is 1. The van der Waals surface area contributed by atoms with Gasteiger partial charge in [-0.1, -0.05) is 12.1 Å². The number of nitrogens with zero attached hydrogens (tertiary/aromatic N) is 2. The number of amides is 2. The summed E-state index contributed by atoms with van der Waals surface area (Å²) in [5.74, 6) is 0.734. The molecule has 0 spiro atoms. The molecule has 2 saturated carbocycles. The molecule has 0 saturated heterocycles. The topological polar surface area (TPSA) is 79.2 Å². The number of hydrogen-bond acceptors (Lipinski definition) is 3. The van der Waals surface area contributed by atoms with E-state index in [0.717, 1.165) is 19.3 Å². The molecule has 7 heteroatoms. The second-order valence-corrected chi connectivity index (χ2v) is 6.93. The van der Waals surface area contributed by atoms with Gasteiger partial charge in [0.2, 0.25) is 0 Å². The highest BCUT2D eigenvalue weighted by Gasteiger charge is 2.47. The summed E-state index contributed by atoms with van der Waals surface area (Å²) < 4.78 is 15.2. The molecule has 6 nitrogen and oxygen atoms in total. The Bertz CT molecular complexity index is 778. The maximum Gasteiger partial charge on any atom is 0.319 e. The maximum atomic E-state index is 13.8. The monoisotopic (exact) mass is 344 g/mol. The van der Waals surface area contributed by atoms with Crippen LogP contribution in [0, 0.1) is 23.6 Å². The highest BCUT2D eigenvalue weighted by molar-refractivity contribution is 5.89. The Morgan fingerprint density at radius 3 is 2.92 bits per heavy atom. The van der Waals surface area contributed by atoms with Gasteiger partial charge in [-0.15, -0.1) is 0 Å². The first-order chi connectivity index (χ1) is 12.2. The number of rotatable bonds is 4. The van der Waals surface area contributed by atoms with Crippen LogP contribution in [0.5, 0.6) is 0 Å². The van der Waals surface area contributed by atoms with Crippen molar-refractivity contribution >= 4 is 11.7 Å². The predicted molar refractivity (Wildman–Crippen MR) is 90.9 cm³/mol. The van der Waals surface area contributed by atoms with E-state index in [1.54, 1.807) is 24.4 Å². The zero-order valence-corrected chi connectivity index (χ0v) is 13.7. The minimum atomic E-state index is -0.380. The summed E-state index contributed by atoms with van der Waals surface area (Å²) in [6, 6.07) is 6.02. The van der Waals surface area contributed by atoms with Crippen molar-refractivity contribution < 1.29 is 14.3 Å². The summed E-state index contributed by atoms with van der Waals surface area (Å²) in [6.07, 6.45) is 6.39. The van der Waals surface area contributed by atoms with Crippen LogP contribution in [0.25, 0.3) is 5.69 Å². The van der Waals surface area contributed by atoms with Crippen molar-refractivity contribution in [2.24, 2.45) is 17.8 Å². The first-order valence-electron chi connectivity index (χ1n) is 8.63. The molecule has 2 aliphatic rings. The Kier molecular flexibility index (Phi) is 4.17. The minimum absolute atomic E-state index is 0.0189. The van der Waals surface area contributed by atoms with Crippen LogP contribution in [0.2, 0.25) is 0 Å². The summed E-state index contributed by atoms with van der Waals surface area (Å²) in [6.45, 7) is 0.108. The lowest BCUT2D eigenvalue weighted by atomic mass is 9.85. The molecule has 4 atom stereocenters. The average Bonchev–Trinajstić information content (AvgIpc) is 3.31. The van der Waals surface area contributed by atoms with Gasteiger partial charge < -0.3 is 15.7 Å². The van der Waals surface area contributed by atoms with E-state index in [9.17, 15) is 14.3 Å². The van der Waals surface area contributed by atoms with Gasteiger partial charge >= 0.3 is 6.03 Å². The van der Waals surface area contributed by atoms with Crippen molar-refractivity contribution in [2.75, 3.05) is 11.9 Å². The quantitative estimate of drug-likeness (QED) is 0.797. The van der Waals surface area contributed by atoms with E-state index in [0.29, 0.717) is 23.2 Å². The van der Waals surface area contributed by atoms with Crippen molar-refractivity contribution in [1.29, 1.82) is 0 Å². The summed E-state index contributed by atoms with van der Waals surface area (Å²) in [4.78, 5) is 12.3. The molecular formula is C18H21FN4O2. The van der Waals surface area contributed by atoms with Crippen LogP contribution in [0.15, 0.2) is 36.7 Å². The third-order valence-corrected chi connectivity index (χ3v) is 5.54. The van der Waals surface area contributed by atoms with Crippen LogP contribution < -0.4 is 10.6 Å². The predicted octanol–water partition coefficient (Wildman–Crippen LogP) is 2.54. The molecule has 1 aromatic heterocycles. The largest absolute Gasteiger partial charge is 0.396 e. The molecule has 1 aromatic carbocycles. The summed E-state index contributed by atoms with van der Waals surface area (Å²) in [5.41, 5.74) is 0.814. The molecule has 132 valence electrons. The van der Waals surface area contributed by atoms with Crippen LogP contribution >= 0.6 is 0 Å². The zero-order valence-electron chi connectivity index (χ0n) is 13.7. The highest BCUT2D eigenvalue weighted by atomic mass is 19.1. The van der Waals surface area contributed by atoms with Gasteiger partial charge in [-0.3, -0.25) is 0 Å². The molecule has 4 unspecified atom stereocenters. The maximum absolute atomic E-state index is 13.8. The fourth-order valence-electron chi connectivity index (χ4n) is 4.37. The lowest BCUT2D eigenvalue weighted by molar-refractivity contribution is 0.146. The molecule has 4 rings (SSSR count). The van der Waals surface area contributed by atoms with Crippen molar-refractivity contribution in [3.8, 4) is 5.69 Å². The van der Waals surface area contributed by atoms with Gasteiger partial charge in [-0.25, -0.2) is 13.9 Å². The Hall–Kier alpha value is -2.41. The Labute approximate surface area is 145 Å². The fraction of sp³-hybridized carbons (Fsp3) is 0.444. The summed E-state index contributed by atoms with van der Waals surface area (Å²) in [5, 5.41) is 19.4. The van der Waals surface area contributed by atoms with Gasteiger partial charge in [0.25, 0.3) is 0 Å². The number of aromatic nitrogens is 2. The molecular weight excluding hydrogens is 323 g/mol. The van der Waals surface area contributed by atoms with Gasteiger partial charge in [-0.05, 0) is 43.2 Å². The van der Waals surface area contributed by atoms with Crippen molar-refractivity contribution in [3.63, 3.8) is 0 Å². The number of hydrogen-bond donors (Lipinski definition) is 3. The molecule has 2 aromatic rings. The van der Waals surface area contributed by atoms with Crippen LogP contribution in [-0.2, 0) is 0 Å². The van der Waals surface area contributed by atoms with Gasteiger partial charge in [0.05, 0.1) is 18.1 Å². The standard InChI is InChI=1S/C18H21FN4O2/c19-15-3-1-2-4-16(15)23-9-13(8-20-23)21-18(25)22-17-12-6-5-11(7-12)14(17)10-24/h1-4,8-9,11-12,14,17,24H,5-7,10H2,(H2,21,22,25). The lowest BCUT2D eigenvalue weighted by Crippen LogP contribution is -2.46. The van der Waals surface area contributed by atoms with Gasteiger partial charge in [-0.2, -0.15) is 5.10 Å². The van der Waals surface area contributed by atoms with Crippen LogP contribution in [0.1, 0.15) is 19.3 Å². The molecule has 2 bridgehead atoms. The minimum Gasteiger partial charge on any atom is -0.396 e. The number of nitrogens with one attached hydrogen (secondary N) is 2. The number of aliphatic hydroxyl groups is 1. The fourth-order valence-corrected chi connectivity index (χ4v) is 4.37.